The number of rotatable bonds is 6. The van der Waals surface area contributed by atoms with Crippen LogP contribution in [0.15, 0.2) is 48.5 Å². The molecule has 0 bridgehead atoms. The molecule has 26 heavy (non-hydrogen) atoms. The molecule has 0 aliphatic carbocycles. The van der Waals surface area contributed by atoms with E-state index in [-0.39, 0.29) is 5.82 Å². The van der Waals surface area contributed by atoms with Crippen LogP contribution in [-0.4, -0.2) is 26.3 Å². The number of benzene rings is 2. The van der Waals surface area contributed by atoms with Crippen LogP contribution in [-0.2, 0) is 19.8 Å². The van der Waals surface area contributed by atoms with E-state index in [0.717, 1.165) is 23.5 Å². The van der Waals surface area contributed by atoms with E-state index in [1.165, 1.54) is 11.6 Å². The van der Waals surface area contributed by atoms with Crippen molar-refractivity contribution in [3.8, 4) is 11.4 Å². The Hall–Kier alpha value is -2.31. The van der Waals surface area contributed by atoms with Gasteiger partial charge in [0.2, 0.25) is 0 Å². The monoisotopic (exact) mass is 370 g/mol. The van der Waals surface area contributed by atoms with Gasteiger partial charge in [-0.05, 0) is 56.4 Å². The number of halogens is 1. The summed E-state index contributed by atoms with van der Waals surface area (Å²) < 4.78 is 18.0. The SMILES string of the molecule is CCn1c(-c2ccccc2C)nn(CN(C)Cc2cccc(F)c2)c1=S. The van der Waals surface area contributed by atoms with Gasteiger partial charge < -0.3 is 4.57 Å². The van der Waals surface area contributed by atoms with Gasteiger partial charge >= 0.3 is 0 Å². The van der Waals surface area contributed by atoms with E-state index in [9.17, 15) is 4.39 Å². The first-order valence-corrected chi connectivity index (χ1v) is 9.07. The highest BCUT2D eigenvalue weighted by molar-refractivity contribution is 7.71. The van der Waals surface area contributed by atoms with Crippen LogP contribution in [0, 0.1) is 17.5 Å². The largest absolute Gasteiger partial charge is 0.300 e. The molecule has 0 atom stereocenters. The highest BCUT2D eigenvalue weighted by Gasteiger charge is 2.14. The second-order valence-corrected chi connectivity index (χ2v) is 6.82. The van der Waals surface area contributed by atoms with Crippen LogP contribution in [0.3, 0.4) is 0 Å². The maximum absolute atomic E-state index is 13.4. The number of aromatic nitrogens is 3. The predicted molar refractivity (Wildman–Crippen MR) is 105 cm³/mol. The van der Waals surface area contributed by atoms with Gasteiger partial charge in [0.1, 0.15) is 5.82 Å². The molecule has 6 heteroatoms. The van der Waals surface area contributed by atoms with Gasteiger partial charge in [0.05, 0.1) is 6.67 Å². The molecule has 3 aromatic rings. The summed E-state index contributed by atoms with van der Waals surface area (Å²) in [4.78, 5) is 2.07. The average Bonchev–Trinajstić information content (AvgIpc) is 2.90. The summed E-state index contributed by atoms with van der Waals surface area (Å²) >= 11 is 5.64. The fourth-order valence-corrected chi connectivity index (χ4v) is 3.38. The smallest absolute Gasteiger partial charge is 0.199 e. The molecule has 0 spiro atoms. The van der Waals surface area contributed by atoms with Crippen molar-refractivity contribution in [2.75, 3.05) is 7.05 Å². The highest BCUT2D eigenvalue weighted by Crippen LogP contribution is 2.22. The third-order valence-corrected chi connectivity index (χ3v) is 4.77. The lowest BCUT2D eigenvalue weighted by Crippen LogP contribution is -2.22. The van der Waals surface area contributed by atoms with Gasteiger partial charge in [-0.3, -0.25) is 4.90 Å². The Bertz CT molecular complexity index is 960. The standard InChI is InChI=1S/C20H23FN4S/c1-4-24-19(18-11-6-5-8-15(18)2)22-25(20(24)26)14-23(3)13-16-9-7-10-17(21)12-16/h5-12H,4,13-14H2,1-3H3. The minimum absolute atomic E-state index is 0.218. The summed E-state index contributed by atoms with van der Waals surface area (Å²) in [6.07, 6.45) is 0. The molecule has 4 nitrogen and oxygen atoms in total. The fourth-order valence-electron chi connectivity index (χ4n) is 3.07. The van der Waals surface area contributed by atoms with Crippen molar-refractivity contribution in [1.82, 2.24) is 19.2 Å². The van der Waals surface area contributed by atoms with E-state index in [2.05, 4.69) is 30.9 Å². The minimum atomic E-state index is -0.218. The summed E-state index contributed by atoms with van der Waals surface area (Å²) in [6, 6.07) is 14.8. The Morgan fingerprint density at radius 1 is 1.15 bits per heavy atom. The lowest BCUT2D eigenvalue weighted by atomic mass is 10.1. The zero-order valence-electron chi connectivity index (χ0n) is 15.3. The zero-order chi connectivity index (χ0) is 18.7. The van der Waals surface area contributed by atoms with Crippen LogP contribution in [0.1, 0.15) is 18.1 Å². The van der Waals surface area contributed by atoms with Crippen LogP contribution in [0.2, 0.25) is 0 Å². The van der Waals surface area contributed by atoms with Gasteiger partial charge in [-0.15, -0.1) is 0 Å². The van der Waals surface area contributed by atoms with E-state index < -0.39 is 0 Å². The van der Waals surface area contributed by atoms with Gasteiger partial charge in [-0.25, -0.2) is 9.07 Å². The molecular weight excluding hydrogens is 347 g/mol. The van der Waals surface area contributed by atoms with E-state index >= 15 is 0 Å². The lowest BCUT2D eigenvalue weighted by Gasteiger charge is -2.16. The fraction of sp³-hybridized carbons (Fsp3) is 0.300. The van der Waals surface area contributed by atoms with E-state index in [0.29, 0.717) is 18.0 Å². The van der Waals surface area contributed by atoms with E-state index in [1.807, 2.05) is 34.5 Å². The molecule has 1 aromatic heterocycles. The summed E-state index contributed by atoms with van der Waals surface area (Å²) in [5.41, 5.74) is 3.18. The molecule has 0 radical (unpaired) electrons. The lowest BCUT2D eigenvalue weighted by molar-refractivity contribution is 0.243. The van der Waals surface area contributed by atoms with Gasteiger partial charge in [0.25, 0.3) is 0 Å². The number of nitrogens with zero attached hydrogens (tertiary/aromatic N) is 4. The molecule has 0 N–H and O–H groups in total. The highest BCUT2D eigenvalue weighted by atomic mass is 32.1. The normalized spacial score (nSPS) is 11.3. The third kappa shape index (κ3) is 3.92. The van der Waals surface area contributed by atoms with Crippen LogP contribution < -0.4 is 0 Å². The second-order valence-electron chi connectivity index (χ2n) is 6.45. The van der Waals surface area contributed by atoms with Crippen LogP contribution in [0.5, 0.6) is 0 Å². The Morgan fingerprint density at radius 2 is 1.92 bits per heavy atom. The minimum Gasteiger partial charge on any atom is -0.300 e. The van der Waals surface area contributed by atoms with Crippen LogP contribution in [0.4, 0.5) is 4.39 Å². The first-order valence-electron chi connectivity index (χ1n) is 8.66. The van der Waals surface area contributed by atoms with Crippen LogP contribution >= 0.6 is 12.2 Å². The van der Waals surface area contributed by atoms with Crippen molar-refractivity contribution in [2.45, 2.75) is 33.6 Å². The predicted octanol–water partition coefficient (Wildman–Crippen LogP) is 4.64. The molecule has 1 heterocycles. The quantitative estimate of drug-likeness (QED) is 0.591. The molecule has 0 aliphatic heterocycles. The van der Waals surface area contributed by atoms with Gasteiger partial charge in [-0.2, -0.15) is 5.10 Å². The molecule has 2 aromatic carbocycles. The molecule has 0 unspecified atom stereocenters. The summed E-state index contributed by atoms with van der Waals surface area (Å²) in [7, 11) is 1.98. The van der Waals surface area contributed by atoms with E-state index in [4.69, 9.17) is 17.3 Å². The summed E-state index contributed by atoms with van der Waals surface area (Å²) in [6.45, 7) is 6.07. The first kappa shape index (κ1) is 18.5. The van der Waals surface area contributed by atoms with Gasteiger partial charge in [-0.1, -0.05) is 36.4 Å². The number of hydrogen-bond acceptors (Lipinski definition) is 3. The molecule has 3 rings (SSSR count). The van der Waals surface area contributed by atoms with Crippen molar-refractivity contribution in [1.29, 1.82) is 0 Å². The Labute approximate surface area is 158 Å². The molecule has 136 valence electrons. The average molecular weight is 370 g/mol. The Balaban J connectivity index is 1.87. The molecule has 0 amide bonds. The summed E-state index contributed by atoms with van der Waals surface area (Å²) in [5, 5.41) is 4.77. The molecule has 0 fully saturated rings. The van der Waals surface area contributed by atoms with Crippen molar-refractivity contribution in [3.05, 3.63) is 70.2 Å². The topological polar surface area (TPSA) is 26.0 Å². The zero-order valence-corrected chi connectivity index (χ0v) is 16.1. The van der Waals surface area contributed by atoms with Gasteiger partial charge in [0, 0.05) is 18.7 Å². The molecular formula is C20H23FN4S. The van der Waals surface area contributed by atoms with Crippen molar-refractivity contribution in [3.63, 3.8) is 0 Å². The Kier molecular flexibility index (Phi) is 5.64. The number of aryl methyl sites for hydroxylation is 1. The molecule has 0 aliphatic rings. The van der Waals surface area contributed by atoms with Crippen molar-refractivity contribution < 1.29 is 4.39 Å². The third-order valence-electron chi connectivity index (χ3n) is 4.34. The number of hydrogen-bond donors (Lipinski definition) is 0. The summed E-state index contributed by atoms with van der Waals surface area (Å²) in [5.74, 6) is 0.666. The van der Waals surface area contributed by atoms with Crippen LogP contribution in [0.25, 0.3) is 11.4 Å². The van der Waals surface area contributed by atoms with Gasteiger partial charge in [0.15, 0.2) is 10.6 Å². The maximum atomic E-state index is 13.4. The molecule has 0 saturated carbocycles. The first-order chi connectivity index (χ1) is 12.5. The maximum Gasteiger partial charge on any atom is 0.199 e. The van der Waals surface area contributed by atoms with Crippen molar-refractivity contribution >= 4 is 12.2 Å². The van der Waals surface area contributed by atoms with E-state index in [1.54, 1.807) is 12.1 Å². The molecule has 0 saturated heterocycles. The van der Waals surface area contributed by atoms with Crippen molar-refractivity contribution in [2.24, 2.45) is 0 Å². The second kappa shape index (κ2) is 7.93. The Morgan fingerprint density at radius 3 is 2.62 bits per heavy atom.